The molecule has 1 heterocycles. The number of halogens is 7. The first-order chi connectivity index (χ1) is 18.8. The van der Waals surface area contributed by atoms with Crippen LogP contribution in [-0.2, 0) is 30.9 Å². The number of alkyl halides is 5. The van der Waals surface area contributed by atoms with Gasteiger partial charge in [-0.1, -0.05) is 37.0 Å². The molecule has 0 bridgehead atoms. The summed E-state index contributed by atoms with van der Waals surface area (Å²) in [6.45, 7) is 0.648. The van der Waals surface area contributed by atoms with E-state index in [2.05, 4.69) is 27.4 Å². The summed E-state index contributed by atoms with van der Waals surface area (Å²) in [5, 5.41) is 21.6. The van der Waals surface area contributed by atoms with E-state index in [0.717, 1.165) is 29.2 Å². The van der Waals surface area contributed by atoms with Crippen molar-refractivity contribution in [2.24, 2.45) is 0 Å². The Morgan fingerprint density at radius 2 is 1.50 bits per heavy atom. The highest BCUT2D eigenvalue weighted by Gasteiger charge is 2.57. The maximum absolute atomic E-state index is 16.2. The lowest BCUT2D eigenvalue weighted by Crippen LogP contribution is -2.48. The van der Waals surface area contributed by atoms with E-state index < -0.39 is 53.4 Å². The molecule has 1 unspecified atom stereocenters. The van der Waals surface area contributed by atoms with Crippen LogP contribution >= 0.6 is 0 Å². The highest BCUT2D eigenvalue weighted by atomic mass is 19.4. The third-order valence-electron chi connectivity index (χ3n) is 6.21. The molecule has 0 saturated carbocycles. The highest BCUT2D eigenvalue weighted by molar-refractivity contribution is 5.48. The smallest absolute Gasteiger partial charge is 0.377 e. The minimum Gasteiger partial charge on any atom is -0.377 e. The topological polar surface area (TPSA) is 63.8 Å². The van der Waals surface area contributed by atoms with Crippen LogP contribution in [0.4, 0.5) is 30.7 Å². The van der Waals surface area contributed by atoms with E-state index in [-0.39, 0.29) is 17.5 Å². The summed E-state index contributed by atoms with van der Waals surface area (Å²) < 4.78 is 99.3. The number of aromatic nitrogens is 4. The second-order valence-corrected chi connectivity index (χ2v) is 9.03. The van der Waals surface area contributed by atoms with Crippen LogP contribution in [0.2, 0.25) is 0 Å². The molecule has 5 nitrogen and oxygen atoms in total. The van der Waals surface area contributed by atoms with E-state index in [1.54, 1.807) is 6.92 Å². The van der Waals surface area contributed by atoms with Crippen molar-refractivity contribution in [3.8, 4) is 11.8 Å². The third-order valence-corrected chi connectivity index (χ3v) is 6.21. The Kier molecular flexibility index (Phi) is 7.98. The van der Waals surface area contributed by atoms with E-state index in [4.69, 9.17) is 0 Å². The van der Waals surface area contributed by atoms with Crippen molar-refractivity contribution in [2.75, 3.05) is 0 Å². The molecule has 0 aliphatic carbocycles. The van der Waals surface area contributed by atoms with E-state index in [1.165, 1.54) is 36.4 Å². The molecule has 1 atom stereocenters. The van der Waals surface area contributed by atoms with Gasteiger partial charge in [-0.2, -0.15) is 22.0 Å². The van der Waals surface area contributed by atoms with Crippen LogP contribution < -0.4 is 0 Å². The van der Waals surface area contributed by atoms with Gasteiger partial charge >= 0.3 is 12.1 Å². The van der Waals surface area contributed by atoms with Gasteiger partial charge in [-0.15, -0.1) is 5.10 Å². The van der Waals surface area contributed by atoms with E-state index >= 15 is 8.78 Å². The summed E-state index contributed by atoms with van der Waals surface area (Å²) in [6.07, 6.45) is -4.36. The minimum absolute atomic E-state index is 0.0738. The van der Waals surface area contributed by atoms with Crippen LogP contribution in [0.25, 0.3) is 0 Å². The zero-order chi connectivity index (χ0) is 29.1. The number of hydrogen-bond donors (Lipinski definition) is 1. The van der Waals surface area contributed by atoms with Gasteiger partial charge in [0.15, 0.2) is 5.60 Å². The van der Waals surface area contributed by atoms with Crippen LogP contribution in [-0.4, -0.2) is 31.5 Å². The van der Waals surface area contributed by atoms with E-state index in [1.807, 2.05) is 0 Å². The standard InChI is InChI=1S/C28H21F7N4O/c1-2-21-13-19(6-3-18-4-7-20(8-5-18)15-27(31,32)33)9-11-23(21)28(34,35)26(40,16-39-17-36-37-38-39)24-12-10-22(29)14-25(24)30/h4-5,7-14,17,40H,2,15-16H2,1H3. The van der Waals surface area contributed by atoms with Gasteiger partial charge in [-0.25, -0.2) is 13.5 Å². The quantitative estimate of drug-likeness (QED) is 0.232. The lowest BCUT2D eigenvalue weighted by Gasteiger charge is -2.37. The Morgan fingerprint density at radius 3 is 2.10 bits per heavy atom. The summed E-state index contributed by atoms with van der Waals surface area (Å²) in [5.74, 6) is -0.939. The number of tetrazole rings is 1. The van der Waals surface area contributed by atoms with Crippen LogP contribution in [0.1, 0.15) is 40.3 Å². The Hall–Kier alpha value is -4.24. The molecule has 0 fully saturated rings. The molecule has 1 N–H and O–H groups in total. The molecule has 0 aliphatic heterocycles. The van der Waals surface area contributed by atoms with E-state index in [0.29, 0.717) is 17.2 Å². The van der Waals surface area contributed by atoms with Gasteiger partial charge < -0.3 is 5.11 Å². The predicted octanol–water partition coefficient (Wildman–Crippen LogP) is 5.70. The third kappa shape index (κ3) is 6.15. The normalized spacial score (nSPS) is 13.4. The van der Waals surface area contributed by atoms with Gasteiger partial charge in [0.2, 0.25) is 0 Å². The summed E-state index contributed by atoms with van der Waals surface area (Å²) in [5.41, 5.74) is -3.78. The first kappa shape index (κ1) is 28.8. The number of rotatable bonds is 7. The second-order valence-electron chi connectivity index (χ2n) is 9.03. The maximum Gasteiger partial charge on any atom is 0.393 e. The maximum atomic E-state index is 16.2. The number of aliphatic hydroxyl groups is 1. The van der Waals surface area contributed by atoms with Crippen LogP contribution in [0.3, 0.4) is 0 Å². The van der Waals surface area contributed by atoms with Crippen molar-refractivity contribution >= 4 is 0 Å². The fraction of sp³-hybridized carbons (Fsp3) is 0.250. The summed E-state index contributed by atoms with van der Waals surface area (Å²) >= 11 is 0. The molecule has 4 rings (SSSR count). The molecule has 40 heavy (non-hydrogen) atoms. The molecule has 0 aliphatic rings. The molecule has 1 aromatic heterocycles. The lowest BCUT2D eigenvalue weighted by atomic mass is 9.80. The monoisotopic (exact) mass is 562 g/mol. The fourth-order valence-corrected chi connectivity index (χ4v) is 4.24. The largest absolute Gasteiger partial charge is 0.393 e. The Bertz CT molecular complexity index is 1540. The van der Waals surface area contributed by atoms with Crippen molar-refractivity contribution in [2.45, 2.75) is 44.0 Å². The molecule has 3 aromatic carbocycles. The summed E-state index contributed by atoms with van der Waals surface area (Å²) in [4.78, 5) is 0. The van der Waals surface area contributed by atoms with Crippen molar-refractivity contribution in [3.63, 3.8) is 0 Å². The SMILES string of the molecule is CCc1cc(C#Cc2ccc(CC(F)(F)F)cc2)ccc1C(F)(F)C(O)(Cn1cnnn1)c1ccc(F)cc1F. The molecule has 12 heteroatoms. The molecule has 0 saturated heterocycles. The van der Waals surface area contributed by atoms with Crippen LogP contribution in [0.5, 0.6) is 0 Å². The van der Waals surface area contributed by atoms with Crippen LogP contribution in [0, 0.1) is 23.5 Å². The molecule has 208 valence electrons. The van der Waals surface area contributed by atoms with Gasteiger partial charge in [-0.05, 0) is 64.4 Å². The van der Waals surface area contributed by atoms with Gasteiger partial charge in [0.05, 0.1) is 13.0 Å². The minimum atomic E-state index is -4.34. The fourth-order valence-electron chi connectivity index (χ4n) is 4.24. The molecule has 0 amide bonds. The number of nitrogens with zero attached hydrogens (tertiary/aromatic N) is 4. The number of benzene rings is 3. The first-order valence-corrected chi connectivity index (χ1v) is 11.9. The Morgan fingerprint density at radius 1 is 0.850 bits per heavy atom. The van der Waals surface area contributed by atoms with E-state index in [9.17, 15) is 27.1 Å². The van der Waals surface area contributed by atoms with Gasteiger partial charge in [0, 0.05) is 28.3 Å². The Balaban J connectivity index is 1.70. The second kappa shape index (κ2) is 11.1. The average Bonchev–Trinajstić information content (AvgIpc) is 3.39. The summed E-state index contributed by atoms with van der Waals surface area (Å²) in [7, 11) is 0. The molecular formula is C28H21F7N4O. The van der Waals surface area contributed by atoms with Gasteiger partial charge in [0.25, 0.3) is 0 Å². The molecular weight excluding hydrogens is 541 g/mol. The number of hydrogen-bond acceptors (Lipinski definition) is 4. The summed E-state index contributed by atoms with van der Waals surface area (Å²) in [6, 6.07) is 11.1. The zero-order valence-corrected chi connectivity index (χ0v) is 20.9. The number of aryl methyl sites for hydroxylation is 1. The molecule has 0 spiro atoms. The van der Waals surface area contributed by atoms with Gasteiger partial charge in [0.1, 0.15) is 18.0 Å². The van der Waals surface area contributed by atoms with Crippen molar-refractivity contribution < 1.29 is 35.8 Å². The van der Waals surface area contributed by atoms with Crippen molar-refractivity contribution in [3.05, 3.63) is 112 Å². The molecule has 4 aromatic rings. The zero-order valence-electron chi connectivity index (χ0n) is 20.9. The predicted molar refractivity (Wildman–Crippen MR) is 130 cm³/mol. The average molecular weight is 562 g/mol. The first-order valence-electron chi connectivity index (χ1n) is 11.9. The van der Waals surface area contributed by atoms with Crippen molar-refractivity contribution in [1.29, 1.82) is 0 Å². The van der Waals surface area contributed by atoms with Crippen LogP contribution in [0.15, 0.2) is 67.0 Å². The van der Waals surface area contributed by atoms with Gasteiger partial charge in [-0.3, -0.25) is 0 Å². The molecule has 0 radical (unpaired) electrons. The highest BCUT2D eigenvalue weighted by Crippen LogP contribution is 2.48. The van der Waals surface area contributed by atoms with Crippen molar-refractivity contribution in [1.82, 2.24) is 20.2 Å². The Labute approximate surface area is 224 Å². The lowest BCUT2D eigenvalue weighted by molar-refractivity contribution is -0.206.